The highest BCUT2D eigenvalue weighted by molar-refractivity contribution is 7.89. The van der Waals surface area contributed by atoms with E-state index in [1.54, 1.807) is 0 Å². The minimum Gasteiger partial charge on any atom is -0.350 e. The van der Waals surface area contributed by atoms with E-state index in [1.165, 1.54) is 24.3 Å². The number of rotatable bonds is 6. The van der Waals surface area contributed by atoms with E-state index in [-0.39, 0.29) is 17.0 Å². The molecule has 1 atom stereocenters. The molecule has 23 heavy (non-hydrogen) atoms. The Labute approximate surface area is 135 Å². The molecule has 0 aliphatic carbocycles. The van der Waals surface area contributed by atoms with Gasteiger partial charge in [0.1, 0.15) is 0 Å². The number of hydrogen-bond donors (Lipinski definition) is 2. The van der Waals surface area contributed by atoms with Crippen LogP contribution in [0, 0.1) is 12.3 Å². The van der Waals surface area contributed by atoms with Crippen molar-refractivity contribution in [2.24, 2.45) is 0 Å². The molecular weight excluding hydrogens is 320 g/mol. The molecule has 1 aromatic carbocycles. The predicted molar refractivity (Wildman–Crippen MR) is 82.6 cm³/mol. The van der Waals surface area contributed by atoms with Crippen molar-refractivity contribution in [3.05, 3.63) is 29.8 Å². The maximum absolute atomic E-state index is 12.0. The Morgan fingerprint density at radius 3 is 2.96 bits per heavy atom. The van der Waals surface area contributed by atoms with Crippen LogP contribution < -0.4 is 10.2 Å². The molecule has 1 aliphatic heterocycles. The molecule has 2 N–H and O–H groups in total. The van der Waals surface area contributed by atoms with E-state index in [9.17, 15) is 13.2 Å². The van der Waals surface area contributed by atoms with Crippen LogP contribution in [0.25, 0.3) is 0 Å². The molecular formula is C15H18N2O5S. The Hall–Kier alpha value is -1.92. The molecule has 1 amide bonds. The molecule has 1 aromatic rings. The zero-order valence-corrected chi connectivity index (χ0v) is 13.3. The lowest BCUT2D eigenvalue weighted by Gasteiger charge is -2.22. The number of carbonyl (C=O) groups excluding carboxylic acids is 1. The first-order valence-electron chi connectivity index (χ1n) is 7.14. The number of sulfonamides is 1. The van der Waals surface area contributed by atoms with Crippen LogP contribution in [0.4, 0.5) is 0 Å². The van der Waals surface area contributed by atoms with Crippen molar-refractivity contribution in [1.82, 2.24) is 10.2 Å². The minimum atomic E-state index is -3.75. The molecule has 1 aliphatic rings. The van der Waals surface area contributed by atoms with Gasteiger partial charge in [0, 0.05) is 18.6 Å². The second kappa shape index (κ2) is 8.08. The first kappa shape index (κ1) is 17.4. The lowest BCUT2D eigenvalue weighted by Crippen LogP contribution is -2.33. The van der Waals surface area contributed by atoms with E-state index in [1.807, 2.05) is 0 Å². The lowest BCUT2D eigenvalue weighted by molar-refractivity contribution is -0.186. The normalized spacial score (nSPS) is 18.1. The number of hydrogen-bond acceptors (Lipinski definition) is 5. The van der Waals surface area contributed by atoms with Gasteiger partial charge in [0.2, 0.25) is 10.0 Å². The molecule has 1 fully saturated rings. The maximum Gasteiger partial charge on any atom is 0.274 e. The molecule has 2 rings (SSSR count). The standard InChI is InChI=1S/C15H18N2O5S/c1-2-9-16-23(19,20)13-7-5-6-12(11-13)15(18)17-22-14-8-3-4-10-21-14/h1,5-7,11,14,16H,3-4,8-10H2,(H,17,18)/t14-/m1/s1. The Bertz CT molecular complexity index is 690. The van der Waals surface area contributed by atoms with Crippen LogP contribution in [-0.2, 0) is 19.6 Å². The van der Waals surface area contributed by atoms with Crippen LogP contribution in [-0.4, -0.2) is 33.8 Å². The van der Waals surface area contributed by atoms with Crippen molar-refractivity contribution in [2.75, 3.05) is 13.2 Å². The van der Waals surface area contributed by atoms with Gasteiger partial charge in [0.05, 0.1) is 11.4 Å². The van der Waals surface area contributed by atoms with E-state index in [4.69, 9.17) is 16.0 Å². The number of benzene rings is 1. The molecule has 0 spiro atoms. The van der Waals surface area contributed by atoms with Gasteiger partial charge in [-0.15, -0.1) is 6.42 Å². The molecule has 124 valence electrons. The first-order chi connectivity index (χ1) is 11.0. The number of terminal acetylenes is 1. The maximum atomic E-state index is 12.0. The monoisotopic (exact) mass is 338 g/mol. The van der Waals surface area contributed by atoms with Gasteiger partial charge in [-0.1, -0.05) is 12.0 Å². The van der Waals surface area contributed by atoms with Crippen LogP contribution in [0.3, 0.4) is 0 Å². The fourth-order valence-electron chi connectivity index (χ4n) is 2.01. The second-order valence-electron chi connectivity index (χ2n) is 4.90. The Balaban J connectivity index is 2.01. The molecule has 1 saturated heterocycles. The summed E-state index contributed by atoms with van der Waals surface area (Å²) in [5.74, 6) is 1.64. The van der Waals surface area contributed by atoms with Gasteiger partial charge in [-0.05, 0) is 31.0 Å². The Morgan fingerprint density at radius 2 is 2.26 bits per heavy atom. The summed E-state index contributed by atoms with van der Waals surface area (Å²) in [4.78, 5) is 17.2. The van der Waals surface area contributed by atoms with Crippen LogP contribution in [0.1, 0.15) is 29.6 Å². The van der Waals surface area contributed by atoms with Gasteiger partial charge < -0.3 is 4.74 Å². The Morgan fingerprint density at radius 1 is 1.43 bits per heavy atom. The van der Waals surface area contributed by atoms with Gasteiger partial charge in [-0.3, -0.25) is 4.79 Å². The smallest absolute Gasteiger partial charge is 0.274 e. The van der Waals surface area contributed by atoms with Crippen LogP contribution in [0.5, 0.6) is 0 Å². The minimum absolute atomic E-state index is 0.0469. The SMILES string of the molecule is C#CCNS(=O)(=O)c1cccc(C(=O)NO[C@@H]2CCCCO2)c1. The summed E-state index contributed by atoms with van der Waals surface area (Å²) in [5.41, 5.74) is 2.44. The number of ether oxygens (including phenoxy) is 1. The predicted octanol–water partition coefficient (Wildman–Crippen LogP) is 0.786. The van der Waals surface area contributed by atoms with Crippen LogP contribution >= 0.6 is 0 Å². The topological polar surface area (TPSA) is 93.7 Å². The molecule has 0 bridgehead atoms. The summed E-state index contributed by atoms with van der Waals surface area (Å²) < 4.78 is 31.5. The summed E-state index contributed by atoms with van der Waals surface area (Å²) in [5, 5.41) is 0. The fraction of sp³-hybridized carbons (Fsp3) is 0.400. The van der Waals surface area contributed by atoms with Crippen molar-refractivity contribution in [2.45, 2.75) is 30.4 Å². The van der Waals surface area contributed by atoms with E-state index >= 15 is 0 Å². The highest BCUT2D eigenvalue weighted by atomic mass is 32.2. The van der Waals surface area contributed by atoms with Gasteiger partial charge in [0.15, 0.2) is 6.29 Å². The van der Waals surface area contributed by atoms with Crippen molar-refractivity contribution >= 4 is 15.9 Å². The van der Waals surface area contributed by atoms with Crippen LogP contribution in [0.15, 0.2) is 29.2 Å². The van der Waals surface area contributed by atoms with Gasteiger partial charge in [0.25, 0.3) is 5.91 Å². The fourth-order valence-corrected chi connectivity index (χ4v) is 2.99. The number of nitrogens with one attached hydrogen (secondary N) is 2. The largest absolute Gasteiger partial charge is 0.350 e. The summed E-state index contributed by atoms with van der Waals surface area (Å²) in [6.45, 7) is 0.468. The average Bonchev–Trinajstić information content (AvgIpc) is 2.59. The highest BCUT2D eigenvalue weighted by Crippen LogP contribution is 2.14. The van der Waals surface area contributed by atoms with Gasteiger partial charge in [-0.2, -0.15) is 4.72 Å². The average molecular weight is 338 g/mol. The third-order valence-electron chi connectivity index (χ3n) is 3.19. The van der Waals surface area contributed by atoms with E-state index in [0.717, 1.165) is 12.8 Å². The molecule has 0 radical (unpaired) electrons. The molecule has 0 saturated carbocycles. The third kappa shape index (κ3) is 5.04. The summed E-state index contributed by atoms with van der Waals surface area (Å²) in [6, 6.07) is 5.58. The first-order valence-corrected chi connectivity index (χ1v) is 8.62. The molecule has 8 heteroatoms. The van der Waals surface area contributed by atoms with Crippen molar-refractivity contribution in [3.8, 4) is 12.3 Å². The summed E-state index contributed by atoms with van der Waals surface area (Å²) in [6.07, 6.45) is 7.19. The summed E-state index contributed by atoms with van der Waals surface area (Å²) in [7, 11) is -3.75. The Kier molecular flexibility index (Phi) is 6.12. The van der Waals surface area contributed by atoms with Gasteiger partial charge >= 0.3 is 0 Å². The zero-order chi connectivity index (χ0) is 16.7. The van der Waals surface area contributed by atoms with Crippen molar-refractivity contribution in [3.63, 3.8) is 0 Å². The van der Waals surface area contributed by atoms with Crippen molar-refractivity contribution < 1.29 is 22.8 Å². The molecule has 1 heterocycles. The van der Waals surface area contributed by atoms with Crippen molar-refractivity contribution in [1.29, 1.82) is 0 Å². The second-order valence-corrected chi connectivity index (χ2v) is 6.67. The molecule has 7 nitrogen and oxygen atoms in total. The number of amides is 1. The number of carbonyl (C=O) groups is 1. The quantitative estimate of drug-likeness (QED) is 0.591. The zero-order valence-electron chi connectivity index (χ0n) is 12.4. The van der Waals surface area contributed by atoms with Gasteiger partial charge in [-0.25, -0.2) is 18.7 Å². The van der Waals surface area contributed by atoms with E-state index < -0.39 is 22.2 Å². The third-order valence-corrected chi connectivity index (χ3v) is 4.59. The van der Waals surface area contributed by atoms with Crippen LogP contribution in [0.2, 0.25) is 0 Å². The molecule has 0 unspecified atom stereocenters. The summed E-state index contributed by atoms with van der Waals surface area (Å²) >= 11 is 0. The van der Waals surface area contributed by atoms with E-state index in [2.05, 4.69) is 16.1 Å². The highest BCUT2D eigenvalue weighted by Gasteiger charge is 2.18. The van der Waals surface area contributed by atoms with E-state index in [0.29, 0.717) is 13.0 Å². The lowest BCUT2D eigenvalue weighted by atomic mass is 10.2. The number of hydroxylamine groups is 1. The molecule has 0 aromatic heterocycles.